The number of benzene rings is 1. The molecule has 21 heavy (non-hydrogen) atoms. The Morgan fingerprint density at radius 3 is 2.95 bits per heavy atom. The standard InChI is InChI=1S/C17H23N3O/c1-21-16-9-5-6-14(12-16)13-20-11-10-18-17(20)19-15-7-3-2-4-8-15/h5-6,9-12,15H,2-4,7-8,13H2,1H3,(H,18,19). The van der Waals surface area contributed by atoms with Crippen molar-refractivity contribution in [2.24, 2.45) is 0 Å². The number of ether oxygens (including phenoxy) is 1. The molecule has 1 N–H and O–H groups in total. The van der Waals surface area contributed by atoms with Crippen LogP contribution in [-0.4, -0.2) is 22.7 Å². The van der Waals surface area contributed by atoms with Gasteiger partial charge in [-0.05, 0) is 30.5 Å². The van der Waals surface area contributed by atoms with Crippen LogP contribution in [0.2, 0.25) is 0 Å². The van der Waals surface area contributed by atoms with Gasteiger partial charge in [-0.2, -0.15) is 0 Å². The van der Waals surface area contributed by atoms with Crippen LogP contribution < -0.4 is 10.1 Å². The van der Waals surface area contributed by atoms with Crippen molar-refractivity contribution in [1.29, 1.82) is 0 Å². The highest BCUT2D eigenvalue weighted by Gasteiger charge is 2.15. The van der Waals surface area contributed by atoms with Crippen molar-refractivity contribution in [2.45, 2.75) is 44.7 Å². The van der Waals surface area contributed by atoms with Gasteiger partial charge in [-0.3, -0.25) is 0 Å². The lowest BCUT2D eigenvalue weighted by molar-refractivity contribution is 0.414. The maximum absolute atomic E-state index is 5.29. The van der Waals surface area contributed by atoms with E-state index >= 15 is 0 Å². The zero-order chi connectivity index (χ0) is 14.5. The number of nitrogens with zero attached hydrogens (tertiary/aromatic N) is 2. The van der Waals surface area contributed by atoms with Crippen molar-refractivity contribution in [1.82, 2.24) is 9.55 Å². The van der Waals surface area contributed by atoms with Gasteiger partial charge < -0.3 is 14.6 Å². The highest BCUT2D eigenvalue weighted by molar-refractivity contribution is 5.32. The highest BCUT2D eigenvalue weighted by atomic mass is 16.5. The molecule has 0 atom stereocenters. The Kier molecular flexibility index (Phi) is 4.43. The molecular formula is C17H23N3O. The number of nitrogens with one attached hydrogen (secondary N) is 1. The van der Waals surface area contributed by atoms with Crippen molar-refractivity contribution in [3.05, 3.63) is 42.2 Å². The molecule has 0 aliphatic heterocycles. The Hall–Kier alpha value is -1.97. The quantitative estimate of drug-likeness (QED) is 0.910. The molecule has 1 aromatic heterocycles. The fourth-order valence-electron chi connectivity index (χ4n) is 2.97. The third kappa shape index (κ3) is 3.57. The highest BCUT2D eigenvalue weighted by Crippen LogP contribution is 2.21. The van der Waals surface area contributed by atoms with E-state index in [-0.39, 0.29) is 0 Å². The summed E-state index contributed by atoms with van der Waals surface area (Å²) in [5.41, 5.74) is 1.22. The first-order valence-electron chi connectivity index (χ1n) is 7.76. The van der Waals surface area contributed by atoms with Crippen LogP contribution in [0.25, 0.3) is 0 Å². The summed E-state index contributed by atoms with van der Waals surface area (Å²) in [6.07, 6.45) is 10.4. The molecule has 0 saturated heterocycles. The topological polar surface area (TPSA) is 39.1 Å². The second-order valence-electron chi connectivity index (χ2n) is 5.71. The first-order valence-corrected chi connectivity index (χ1v) is 7.76. The molecular weight excluding hydrogens is 262 g/mol. The lowest BCUT2D eigenvalue weighted by Gasteiger charge is -2.23. The van der Waals surface area contributed by atoms with E-state index in [4.69, 9.17) is 4.74 Å². The molecule has 0 unspecified atom stereocenters. The number of hydrogen-bond acceptors (Lipinski definition) is 3. The molecule has 1 fully saturated rings. The molecule has 0 spiro atoms. The third-order valence-corrected chi connectivity index (χ3v) is 4.14. The van der Waals surface area contributed by atoms with Crippen LogP contribution in [0.1, 0.15) is 37.7 Å². The average Bonchev–Trinajstić information content (AvgIpc) is 2.95. The van der Waals surface area contributed by atoms with E-state index in [1.807, 2.05) is 24.5 Å². The predicted octanol–water partition coefficient (Wildman–Crippen LogP) is 3.68. The molecule has 1 aliphatic carbocycles. The van der Waals surface area contributed by atoms with E-state index in [9.17, 15) is 0 Å². The second-order valence-corrected chi connectivity index (χ2v) is 5.71. The molecule has 2 aromatic rings. The minimum atomic E-state index is 0.574. The van der Waals surface area contributed by atoms with Gasteiger partial charge in [-0.1, -0.05) is 31.4 Å². The predicted molar refractivity (Wildman–Crippen MR) is 84.8 cm³/mol. The summed E-state index contributed by atoms with van der Waals surface area (Å²) in [6.45, 7) is 0.812. The lowest BCUT2D eigenvalue weighted by atomic mass is 9.96. The van der Waals surface area contributed by atoms with Crippen LogP contribution in [0.3, 0.4) is 0 Å². The van der Waals surface area contributed by atoms with Gasteiger partial charge in [-0.25, -0.2) is 4.98 Å². The summed E-state index contributed by atoms with van der Waals surface area (Å²) in [4.78, 5) is 4.47. The summed E-state index contributed by atoms with van der Waals surface area (Å²) in [6, 6.07) is 8.76. The zero-order valence-corrected chi connectivity index (χ0v) is 12.6. The number of rotatable bonds is 5. The minimum absolute atomic E-state index is 0.574. The summed E-state index contributed by atoms with van der Waals surface area (Å²) in [5.74, 6) is 1.87. The minimum Gasteiger partial charge on any atom is -0.497 e. The number of hydrogen-bond donors (Lipinski definition) is 1. The normalized spacial score (nSPS) is 15.9. The molecule has 1 aromatic carbocycles. The Balaban J connectivity index is 1.69. The van der Waals surface area contributed by atoms with E-state index in [1.54, 1.807) is 7.11 Å². The maximum atomic E-state index is 5.29. The van der Waals surface area contributed by atoms with Gasteiger partial charge in [0.2, 0.25) is 5.95 Å². The second kappa shape index (κ2) is 6.66. The largest absolute Gasteiger partial charge is 0.497 e. The van der Waals surface area contributed by atoms with Crippen LogP contribution in [0, 0.1) is 0 Å². The molecule has 1 saturated carbocycles. The van der Waals surface area contributed by atoms with Gasteiger partial charge in [0.05, 0.1) is 13.7 Å². The lowest BCUT2D eigenvalue weighted by Crippen LogP contribution is -2.24. The van der Waals surface area contributed by atoms with Crippen molar-refractivity contribution in [3.8, 4) is 5.75 Å². The smallest absolute Gasteiger partial charge is 0.203 e. The molecule has 4 nitrogen and oxygen atoms in total. The van der Waals surface area contributed by atoms with E-state index in [0.717, 1.165) is 18.2 Å². The van der Waals surface area contributed by atoms with Crippen molar-refractivity contribution in [3.63, 3.8) is 0 Å². The van der Waals surface area contributed by atoms with E-state index in [0.29, 0.717) is 6.04 Å². The summed E-state index contributed by atoms with van der Waals surface area (Å²) >= 11 is 0. The number of aromatic nitrogens is 2. The fraction of sp³-hybridized carbons (Fsp3) is 0.471. The maximum Gasteiger partial charge on any atom is 0.203 e. The summed E-state index contributed by atoms with van der Waals surface area (Å²) < 4.78 is 7.46. The third-order valence-electron chi connectivity index (χ3n) is 4.14. The molecule has 4 heteroatoms. The molecule has 3 rings (SSSR count). The molecule has 0 bridgehead atoms. The van der Waals surface area contributed by atoms with Crippen LogP contribution in [0.4, 0.5) is 5.95 Å². The van der Waals surface area contributed by atoms with E-state index in [1.165, 1.54) is 37.7 Å². The molecule has 112 valence electrons. The van der Waals surface area contributed by atoms with Gasteiger partial charge in [-0.15, -0.1) is 0 Å². The van der Waals surface area contributed by atoms with Crippen LogP contribution in [0.5, 0.6) is 5.75 Å². The average molecular weight is 285 g/mol. The zero-order valence-electron chi connectivity index (χ0n) is 12.6. The van der Waals surface area contributed by atoms with Crippen LogP contribution >= 0.6 is 0 Å². The number of imidazole rings is 1. The first-order chi connectivity index (χ1) is 10.3. The Bertz CT molecular complexity index is 573. The van der Waals surface area contributed by atoms with Gasteiger partial charge in [0.1, 0.15) is 5.75 Å². The fourth-order valence-corrected chi connectivity index (χ4v) is 2.97. The number of anilines is 1. The summed E-state index contributed by atoms with van der Waals surface area (Å²) in [7, 11) is 1.70. The SMILES string of the molecule is COc1cccc(Cn2ccnc2NC2CCCCC2)c1. The van der Waals surface area contributed by atoms with Crippen LogP contribution in [0.15, 0.2) is 36.7 Å². The van der Waals surface area contributed by atoms with E-state index < -0.39 is 0 Å². The van der Waals surface area contributed by atoms with Gasteiger partial charge in [0.15, 0.2) is 0 Å². The van der Waals surface area contributed by atoms with Crippen molar-refractivity contribution >= 4 is 5.95 Å². The van der Waals surface area contributed by atoms with Crippen LogP contribution in [-0.2, 0) is 6.54 Å². The molecule has 0 radical (unpaired) electrons. The van der Waals surface area contributed by atoms with Gasteiger partial charge in [0, 0.05) is 18.4 Å². The van der Waals surface area contributed by atoms with E-state index in [2.05, 4.69) is 27.0 Å². The van der Waals surface area contributed by atoms with Crippen molar-refractivity contribution < 1.29 is 4.74 Å². The Morgan fingerprint density at radius 2 is 2.14 bits per heavy atom. The number of methoxy groups -OCH3 is 1. The summed E-state index contributed by atoms with van der Waals surface area (Å²) in [5, 5.41) is 3.60. The Labute approximate surface area is 126 Å². The van der Waals surface area contributed by atoms with Gasteiger partial charge in [0.25, 0.3) is 0 Å². The monoisotopic (exact) mass is 285 g/mol. The molecule has 0 amide bonds. The van der Waals surface area contributed by atoms with Gasteiger partial charge >= 0.3 is 0 Å². The Morgan fingerprint density at radius 1 is 1.29 bits per heavy atom. The molecule has 1 aliphatic rings. The van der Waals surface area contributed by atoms with Crippen molar-refractivity contribution in [2.75, 3.05) is 12.4 Å². The molecule has 1 heterocycles. The first kappa shape index (κ1) is 14.0.